The number of rotatable bonds is 14. The van der Waals surface area contributed by atoms with Crippen LogP contribution in [0.1, 0.15) is 93.7 Å². The van der Waals surface area contributed by atoms with Crippen molar-refractivity contribution in [3.63, 3.8) is 0 Å². The molecule has 0 amide bonds. The predicted molar refractivity (Wildman–Crippen MR) is 170 cm³/mol. The molecule has 37 heavy (non-hydrogen) atoms. The van der Waals surface area contributed by atoms with Crippen LogP contribution in [0.25, 0.3) is 0 Å². The van der Waals surface area contributed by atoms with Gasteiger partial charge in [0.15, 0.2) is 11.2 Å². The van der Waals surface area contributed by atoms with Crippen molar-refractivity contribution in [3.8, 4) is 71.5 Å². The second-order valence-electron chi connectivity index (χ2n) is 7.38. The third kappa shape index (κ3) is 32.3. The molecular weight excluding hydrogens is 488 g/mol. The normalized spacial score (nSPS) is 8.95. The molecule has 218 valence electrons. The number of terminal acetylenes is 1. The van der Waals surface area contributed by atoms with Crippen LogP contribution in [-0.4, -0.2) is 41.5 Å². The number of esters is 2. The van der Waals surface area contributed by atoms with E-state index in [1.807, 2.05) is 0 Å². The SMILES string of the molecule is C#CC#CC#CC#CC#CC#CC(=O)OC[C@H](CO)OC(=O)CCCCCCCCCCC.CC(=O)S.[HH].[HH].[HH].[HH].[HH].[HH].[HH].[HH].[HH].[HH].[HH]. The molecule has 7 heteroatoms. The van der Waals surface area contributed by atoms with Gasteiger partial charge in [0.25, 0.3) is 0 Å². The van der Waals surface area contributed by atoms with Crippen molar-refractivity contribution in [2.24, 2.45) is 0 Å². The van der Waals surface area contributed by atoms with E-state index >= 15 is 0 Å². The van der Waals surface area contributed by atoms with E-state index in [4.69, 9.17) is 15.9 Å². The van der Waals surface area contributed by atoms with Crippen molar-refractivity contribution in [1.29, 1.82) is 0 Å². The van der Waals surface area contributed by atoms with Crippen LogP contribution < -0.4 is 0 Å². The average molecular weight is 545 g/mol. The Labute approximate surface area is 243 Å². The number of ether oxygens (including phenoxy) is 2. The van der Waals surface area contributed by atoms with Gasteiger partial charge < -0.3 is 14.6 Å². The fourth-order valence-corrected chi connectivity index (χ4v) is 2.49. The van der Waals surface area contributed by atoms with Crippen molar-refractivity contribution >= 4 is 29.7 Å². The molecule has 0 rings (SSSR count). The number of aliphatic hydroxyl groups excluding tert-OH is 1. The van der Waals surface area contributed by atoms with Crippen LogP contribution in [0.4, 0.5) is 0 Å². The van der Waals surface area contributed by atoms with Crippen LogP contribution >= 0.6 is 12.6 Å². The van der Waals surface area contributed by atoms with Crippen LogP contribution in [0.3, 0.4) is 0 Å². The molecule has 1 atom stereocenters. The third-order valence-electron chi connectivity index (χ3n) is 4.12. The molecule has 0 aliphatic heterocycles. The van der Waals surface area contributed by atoms with E-state index < -0.39 is 24.6 Å². The van der Waals surface area contributed by atoms with Gasteiger partial charge in [0.2, 0.25) is 0 Å². The minimum Gasteiger partial charge on any atom is -0.456 e. The highest BCUT2D eigenvalue weighted by Gasteiger charge is 2.15. The summed E-state index contributed by atoms with van der Waals surface area (Å²) < 4.78 is 10.0. The zero-order chi connectivity index (χ0) is 28.0. The predicted octanol–water partition coefficient (Wildman–Crippen LogP) is 6.17. The van der Waals surface area contributed by atoms with E-state index in [2.05, 4.69) is 84.7 Å². The fraction of sp³-hybridized carbons (Fsp3) is 0.500. The molecule has 0 heterocycles. The summed E-state index contributed by atoms with van der Waals surface area (Å²) in [6.45, 7) is 2.86. The van der Waals surface area contributed by atoms with Crippen LogP contribution in [0.5, 0.6) is 0 Å². The molecule has 0 aromatic carbocycles. The zero-order valence-electron chi connectivity index (χ0n) is 21.6. The number of thiol groups is 1. The molecule has 0 aromatic rings. The second kappa shape index (κ2) is 28.5. The molecule has 0 saturated heterocycles. The molecular formula is C30H56O6S. The van der Waals surface area contributed by atoms with E-state index in [0.29, 0.717) is 0 Å². The van der Waals surface area contributed by atoms with E-state index in [1.54, 1.807) is 0 Å². The van der Waals surface area contributed by atoms with Crippen molar-refractivity contribution in [2.45, 2.75) is 84.2 Å². The molecule has 0 fully saturated rings. The highest BCUT2D eigenvalue weighted by atomic mass is 32.1. The summed E-state index contributed by atoms with van der Waals surface area (Å²) in [4.78, 5) is 32.7. The summed E-state index contributed by atoms with van der Waals surface area (Å²) in [6.07, 6.45) is 14.6. The van der Waals surface area contributed by atoms with Crippen molar-refractivity contribution in [2.75, 3.05) is 13.2 Å². The van der Waals surface area contributed by atoms with Gasteiger partial charge in [0, 0.05) is 35.0 Å². The Morgan fingerprint density at radius 2 is 1.30 bits per heavy atom. The van der Waals surface area contributed by atoms with Gasteiger partial charge in [-0.15, -0.1) is 19.1 Å². The second-order valence-corrected chi connectivity index (χ2v) is 8.01. The lowest BCUT2D eigenvalue weighted by molar-refractivity contribution is -0.159. The lowest BCUT2D eigenvalue weighted by atomic mass is 10.1. The number of hydrogen-bond acceptors (Lipinski definition) is 6. The monoisotopic (exact) mass is 544 g/mol. The number of hydrogen-bond donors (Lipinski definition) is 2. The highest BCUT2D eigenvalue weighted by Crippen LogP contribution is 2.11. The average Bonchev–Trinajstić information content (AvgIpc) is 2.86. The maximum absolute atomic E-state index is 11.9. The fourth-order valence-electron chi connectivity index (χ4n) is 2.49. The van der Waals surface area contributed by atoms with Crippen LogP contribution in [0.2, 0.25) is 0 Å². The van der Waals surface area contributed by atoms with Gasteiger partial charge in [0.05, 0.1) is 6.61 Å². The Morgan fingerprint density at radius 1 is 0.838 bits per heavy atom. The largest absolute Gasteiger partial charge is 0.456 e. The molecule has 6 nitrogen and oxygen atoms in total. The first-order valence-corrected chi connectivity index (χ1v) is 12.4. The molecule has 0 spiro atoms. The van der Waals surface area contributed by atoms with Gasteiger partial charge in [-0.1, -0.05) is 58.3 Å². The Morgan fingerprint density at radius 3 is 1.78 bits per heavy atom. The molecule has 0 aromatic heterocycles. The van der Waals surface area contributed by atoms with Crippen LogP contribution in [-0.2, 0) is 23.9 Å². The maximum atomic E-state index is 11.9. The Hall–Kier alpha value is -3.72. The highest BCUT2D eigenvalue weighted by molar-refractivity contribution is 7.96. The quantitative estimate of drug-likeness (QED) is 0.0893. The van der Waals surface area contributed by atoms with Crippen LogP contribution in [0, 0.1) is 71.5 Å². The summed E-state index contributed by atoms with van der Waals surface area (Å²) in [5.74, 6) is 24.3. The first-order valence-electron chi connectivity index (χ1n) is 12.0. The Bertz CT molecular complexity index is 1080. The Balaban J connectivity index is -0.0000000700. The lowest BCUT2D eigenvalue weighted by Crippen LogP contribution is -2.28. The molecule has 0 aliphatic rings. The summed E-state index contributed by atoms with van der Waals surface area (Å²) in [5, 5.41) is 9.17. The minimum atomic E-state index is -0.921. The summed E-state index contributed by atoms with van der Waals surface area (Å²) in [5.41, 5.74) is 0. The zero-order valence-corrected chi connectivity index (χ0v) is 22.5. The summed E-state index contributed by atoms with van der Waals surface area (Å²) in [7, 11) is 0. The topological polar surface area (TPSA) is 89.9 Å². The molecule has 0 radical (unpaired) electrons. The van der Waals surface area contributed by atoms with Crippen molar-refractivity contribution in [3.05, 3.63) is 0 Å². The number of aliphatic hydroxyl groups is 1. The number of unbranched alkanes of at least 4 members (excludes halogenated alkanes) is 8. The maximum Gasteiger partial charge on any atom is 0.385 e. The van der Waals surface area contributed by atoms with Crippen LogP contribution in [0.15, 0.2) is 0 Å². The number of carbonyl (C=O) groups is 3. The third-order valence-corrected chi connectivity index (χ3v) is 4.12. The van der Waals surface area contributed by atoms with E-state index in [0.717, 1.165) is 19.3 Å². The Kier molecular flexibility index (Phi) is 27.3. The smallest absolute Gasteiger partial charge is 0.385 e. The van der Waals surface area contributed by atoms with E-state index in [1.165, 1.54) is 45.4 Å². The first kappa shape index (κ1) is 35.4. The standard InChI is InChI=1S/C28H30O5.C2H4OS.11H2/c1-3-5-7-9-11-13-15-16-18-20-22-27(30)32-25-26(24-29)33-28(31)23-21-19-17-14-12-10-8-6-4-2;1-2(3)4;;;;;;;;;;;/h1,26,29H,4,6,8,10,12,14,17,19,21,23-25H2,2H3;1H3,(H,3,4);11*1H/t26-;;;;;;;;;;;;/m0............/s1. The van der Waals surface area contributed by atoms with Gasteiger partial charge in [-0.2, -0.15) is 0 Å². The van der Waals surface area contributed by atoms with Gasteiger partial charge in [-0.05, 0) is 65.6 Å². The summed E-state index contributed by atoms with van der Waals surface area (Å²) in [6, 6.07) is 0. The van der Waals surface area contributed by atoms with Gasteiger partial charge in [-0.25, -0.2) is 4.79 Å². The summed E-state index contributed by atoms with van der Waals surface area (Å²) >= 11 is 3.33. The van der Waals surface area contributed by atoms with E-state index in [-0.39, 0.29) is 33.8 Å². The lowest BCUT2D eigenvalue weighted by Gasteiger charge is -2.14. The van der Waals surface area contributed by atoms with Crippen molar-refractivity contribution in [1.82, 2.24) is 0 Å². The molecule has 1 N–H and O–H groups in total. The van der Waals surface area contributed by atoms with E-state index in [9.17, 15) is 19.5 Å². The van der Waals surface area contributed by atoms with Gasteiger partial charge in [0.1, 0.15) is 6.61 Å². The van der Waals surface area contributed by atoms with Crippen molar-refractivity contribution < 1.29 is 44.7 Å². The minimum absolute atomic E-state index is 0. The molecule has 0 bridgehead atoms. The first-order chi connectivity index (χ1) is 17.9. The molecule has 0 unspecified atom stereocenters. The number of carbonyl (C=O) groups excluding carboxylic acids is 3. The van der Waals surface area contributed by atoms with Gasteiger partial charge >= 0.3 is 11.9 Å². The molecule has 0 saturated carbocycles. The molecule has 0 aliphatic carbocycles. The van der Waals surface area contributed by atoms with Gasteiger partial charge in [-0.3, -0.25) is 9.59 Å².